The lowest BCUT2D eigenvalue weighted by Crippen LogP contribution is -2.37. The molecule has 3 rings (SSSR count). The normalized spacial score (nSPS) is 18.8. The van der Waals surface area contributed by atoms with Gasteiger partial charge in [-0.1, -0.05) is 13.8 Å². The SMILES string of the molecule is Cc1csc([C@H](C)Nc2nccc(N3C(=O)OC[C@@H]3C(C)C)n2)n1. The fourth-order valence-electron chi connectivity index (χ4n) is 2.57. The molecule has 1 amide bonds. The van der Waals surface area contributed by atoms with Gasteiger partial charge in [-0.25, -0.2) is 14.8 Å². The lowest BCUT2D eigenvalue weighted by atomic mass is 10.0. The maximum absolute atomic E-state index is 12.1. The van der Waals surface area contributed by atoms with Gasteiger partial charge in [0.25, 0.3) is 0 Å². The zero-order valence-electron chi connectivity index (χ0n) is 14.2. The monoisotopic (exact) mass is 347 g/mol. The average molecular weight is 347 g/mol. The van der Waals surface area contributed by atoms with Crippen LogP contribution in [-0.4, -0.2) is 33.7 Å². The Hall–Kier alpha value is -2.22. The number of anilines is 2. The van der Waals surface area contributed by atoms with Crippen molar-refractivity contribution in [2.24, 2.45) is 5.92 Å². The summed E-state index contributed by atoms with van der Waals surface area (Å²) in [4.78, 5) is 26.9. The summed E-state index contributed by atoms with van der Waals surface area (Å²) in [5, 5.41) is 6.23. The summed E-state index contributed by atoms with van der Waals surface area (Å²) in [6.07, 6.45) is 1.29. The van der Waals surface area contributed by atoms with Gasteiger partial charge in [0.05, 0.1) is 12.1 Å². The van der Waals surface area contributed by atoms with Gasteiger partial charge in [0.1, 0.15) is 17.4 Å². The van der Waals surface area contributed by atoms with Gasteiger partial charge >= 0.3 is 6.09 Å². The highest BCUT2D eigenvalue weighted by Crippen LogP contribution is 2.27. The number of aromatic nitrogens is 3. The van der Waals surface area contributed by atoms with Gasteiger partial charge in [-0.3, -0.25) is 4.90 Å². The van der Waals surface area contributed by atoms with Crippen molar-refractivity contribution < 1.29 is 9.53 Å². The summed E-state index contributed by atoms with van der Waals surface area (Å²) in [6.45, 7) is 8.49. The molecule has 8 heteroatoms. The predicted molar refractivity (Wildman–Crippen MR) is 93.4 cm³/mol. The maximum Gasteiger partial charge on any atom is 0.415 e. The Kier molecular flexibility index (Phi) is 4.66. The number of hydrogen-bond acceptors (Lipinski definition) is 7. The van der Waals surface area contributed by atoms with E-state index in [0.717, 1.165) is 10.7 Å². The van der Waals surface area contributed by atoms with E-state index in [1.807, 2.05) is 19.2 Å². The Morgan fingerprint density at radius 2 is 2.17 bits per heavy atom. The minimum Gasteiger partial charge on any atom is -0.447 e. The van der Waals surface area contributed by atoms with E-state index in [9.17, 15) is 4.79 Å². The number of rotatable bonds is 5. The second-order valence-corrected chi connectivity index (χ2v) is 7.08. The third kappa shape index (κ3) is 3.33. The van der Waals surface area contributed by atoms with Crippen molar-refractivity contribution in [2.45, 2.75) is 39.8 Å². The van der Waals surface area contributed by atoms with Gasteiger partial charge in [-0.05, 0) is 25.8 Å². The van der Waals surface area contributed by atoms with Gasteiger partial charge in [-0.2, -0.15) is 4.98 Å². The number of aryl methyl sites for hydroxylation is 1. The van der Waals surface area contributed by atoms with Crippen LogP contribution < -0.4 is 10.2 Å². The van der Waals surface area contributed by atoms with Crippen LogP contribution in [0, 0.1) is 12.8 Å². The molecule has 0 spiro atoms. The first-order chi connectivity index (χ1) is 11.5. The van der Waals surface area contributed by atoms with Crippen molar-refractivity contribution in [1.29, 1.82) is 0 Å². The smallest absolute Gasteiger partial charge is 0.415 e. The summed E-state index contributed by atoms with van der Waals surface area (Å²) in [7, 11) is 0. The molecule has 24 heavy (non-hydrogen) atoms. The van der Waals surface area contributed by atoms with Crippen LogP contribution >= 0.6 is 11.3 Å². The Balaban J connectivity index is 1.80. The number of hydrogen-bond donors (Lipinski definition) is 1. The molecule has 0 saturated carbocycles. The van der Waals surface area contributed by atoms with Crippen molar-refractivity contribution in [1.82, 2.24) is 15.0 Å². The van der Waals surface area contributed by atoms with Gasteiger partial charge < -0.3 is 10.1 Å². The molecule has 128 valence electrons. The number of carbonyl (C=O) groups excluding carboxylic acids is 1. The second kappa shape index (κ2) is 6.72. The van der Waals surface area contributed by atoms with Crippen LogP contribution in [0.1, 0.15) is 37.5 Å². The van der Waals surface area contributed by atoms with Crippen LogP contribution in [-0.2, 0) is 4.74 Å². The first-order valence-electron chi connectivity index (χ1n) is 7.93. The zero-order chi connectivity index (χ0) is 17.3. The van der Waals surface area contributed by atoms with Crippen molar-refractivity contribution in [3.8, 4) is 0 Å². The molecule has 0 aliphatic carbocycles. The minimum absolute atomic E-state index is 0.00891. The third-order valence-corrected chi connectivity index (χ3v) is 5.06. The number of thiazole rings is 1. The van der Waals surface area contributed by atoms with E-state index in [0.29, 0.717) is 18.4 Å². The molecule has 7 nitrogen and oxygen atoms in total. The van der Waals surface area contributed by atoms with Crippen LogP contribution in [0.5, 0.6) is 0 Å². The molecule has 2 atom stereocenters. The van der Waals surface area contributed by atoms with Gasteiger partial charge in [0.15, 0.2) is 0 Å². The van der Waals surface area contributed by atoms with Crippen LogP contribution in [0.25, 0.3) is 0 Å². The number of amides is 1. The standard InChI is InChI=1S/C16H21N5O2S/c1-9(2)12-7-23-16(22)21(12)13-5-6-17-15(20-13)19-11(4)14-18-10(3)8-24-14/h5-6,8-9,11-12H,7H2,1-4H3,(H,17,19,20)/t11-,12+/m0/s1. The number of nitrogens with zero attached hydrogens (tertiary/aromatic N) is 4. The van der Waals surface area contributed by atoms with E-state index in [2.05, 4.69) is 34.1 Å². The van der Waals surface area contributed by atoms with Crippen LogP contribution in [0.15, 0.2) is 17.6 Å². The molecular weight excluding hydrogens is 326 g/mol. The largest absolute Gasteiger partial charge is 0.447 e. The van der Waals surface area contributed by atoms with Crippen molar-refractivity contribution in [3.05, 3.63) is 28.3 Å². The molecule has 1 fully saturated rings. The highest BCUT2D eigenvalue weighted by Gasteiger charge is 2.37. The van der Waals surface area contributed by atoms with E-state index in [1.165, 1.54) is 0 Å². The van der Waals surface area contributed by atoms with Gasteiger partial charge in [0.2, 0.25) is 5.95 Å². The second-order valence-electron chi connectivity index (χ2n) is 6.19. The van der Waals surface area contributed by atoms with Gasteiger partial charge in [0, 0.05) is 17.3 Å². The van der Waals surface area contributed by atoms with E-state index in [-0.39, 0.29) is 24.1 Å². The molecule has 0 radical (unpaired) electrons. The molecule has 0 aromatic carbocycles. The first-order valence-corrected chi connectivity index (χ1v) is 8.81. The molecule has 1 aliphatic heterocycles. The summed E-state index contributed by atoms with van der Waals surface area (Å²) in [6, 6.07) is 1.70. The molecule has 0 bridgehead atoms. The average Bonchev–Trinajstić information content (AvgIpc) is 3.13. The number of carbonyl (C=O) groups is 1. The Morgan fingerprint density at radius 1 is 1.38 bits per heavy atom. The summed E-state index contributed by atoms with van der Waals surface area (Å²) in [5.41, 5.74) is 0.998. The maximum atomic E-state index is 12.1. The van der Waals surface area contributed by atoms with E-state index in [4.69, 9.17) is 4.74 Å². The highest BCUT2D eigenvalue weighted by atomic mass is 32.1. The fraction of sp³-hybridized carbons (Fsp3) is 0.500. The lowest BCUT2D eigenvalue weighted by molar-refractivity contribution is 0.177. The quantitative estimate of drug-likeness (QED) is 0.893. The van der Waals surface area contributed by atoms with Crippen molar-refractivity contribution >= 4 is 29.2 Å². The van der Waals surface area contributed by atoms with Crippen LogP contribution in [0.4, 0.5) is 16.6 Å². The van der Waals surface area contributed by atoms with Crippen LogP contribution in [0.3, 0.4) is 0 Å². The fourth-order valence-corrected chi connectivity index (χ4v) is 3.37. The van der Waals surface area contributed by atoms with E-state index in [1.54, 1.807) is 28.5 Å². The molecule has 0 unspecified atom stereocenters. The third-order valence-electron chi connectivity index (χ3n) is 3.92. The molecule has 1 N–H and O–H groups in total. The molecule has 1 saturated heterocycles. The number of nitrogens with one attached hydrogen (secondary N) is 1. The zero-order valence-corrected chi connectivity index (χ0v) is 15.0. The molecular formula is C16H21N5O2S. The summed E-state index contributed by atoms with van der Waals surface area (Å²) in [5.74, 6) is 1.30. The number of cyclic esters (lactones) is 1. The highest BCUT2D eigenvalue weighted by molar-refractivity contribution is 7.09. The molecule has 2 aromatic heterocycles. The Bertz CT molecular complexity index is 733. The Morgan fingerprint density at radius 3 is 2.83 bits per heavy atom. The molecule has 1 aliphatic rings. The topological polar surface area (TPSA) is 80.2 Å². The molecule has 2 aromatic rings. The van der Waals surface area contributed by atoms with E-state index >= 15 is 0 Å². The molecule has 3 heterocycles. The summed E-state index contributed by atoms with van der Waals surface area (Å²) < 4.78 is 5.18. The predicted octanol–water partition coefficient (Wildman–Crippen LogP) is 3.40. The Labute approximate surface area is 145 Å². The van der Waals surface area contributed by atoms with Crippen LogP contribution in [0.2, 0.25) is 0 Å². The number of ether oxygens (including phenoxy) is 1. The first kappa shape index (κ1) is 16.6. The van der Waals surface area contributed by atoms with Gasteiger partial charge in [-0.15, -0.1) is 11.3 Å². The summed E-state index contributed by atoms with van der Waals surface area (Å²) >= 11 is 1.60. The lowest BCUT2D eigenvalue weighted by Gasteiger charge is -2.23. The van der Waals surface area contributed by atoms with Crippen molar-refractivity contribution in [3.63, 3.8) is 0 Å². The minimum atomic E-state index is -0.359. The van der Waals surface area contributed by atoms with E-state index < -0.39 is 0 Å². The van der Waals surface area contributed by atoms with Crippen molar-refractivity contribution in [2.75, 3.05) is 16.8 Å².